The topological polar surface area (TPSA) is 81.4 Å². The second-order valence-corrected chi connectivity index (χ2v) is 9.97. The summed E-state index contributed by atoms with van der Waals surface area (Å²) in [6.07, 6.45) is 6.70. The molecule has 0 spiro atoms. The Kier molecular flexibility index (Phi) is 6.12. The normalized spacial score (nSPS) is 23.6. The maximum Gasteiger partial charge on any atom is 0.330 e. The van der Waals surface area contributed by atoms with E-state index in [0.717, 1.165) is 24.1 Å². The number of hydrogen-bond acceptors (Lipinski definition) is 5. The molecule has 2 aromatic heterocycles. The van der Waals surface area contributed by atoms with Crippen LogP contribution in [0.5, 0.6) is 0 Å². The van der Waals surface area contributed by atoms with Gasteiger partial charge in [0, 0.05) is 32.3 Å². The zero-order chi connectivity index (χ0) is 23.9. The van der Waals surface area contributed by atoms with Crippen LogP contribution < -0.4 is 11.0 Å². The molecule has 8 heteroatoms. The van der Waals surface area contributed by atoms with Gasteiger partial charge in [0.05, 0.1) is 17.3 Å². The molecule has 5 heterocycles. The third-order valence-electron chi connectivity index (χ3n) is 6.39. The largest absolute Gasteiger partial charge is 0.467 e. The molecule has 1 fully saturated rings. The van der Waals surface area contributed by atoms with E-state index in [1.807, 2.05) is 35.4 Å². The number of pyridine rings is 1. The molecule has 3 aliphatic heterocycles. The van der Waals surface area contributed by atoms with E-state index < -0.39 is 6.23 Å². The van der Waals surface area contributed by atoms with E-state index in [1.165, 1.54) is 11.8 Å². The van der Waals surface area contributed by atoms with Crippen LogP contribution in [0, 0.1) is 11.3 Å². The Morgan fingerprint density at radius 1 is 1.24 bits per heavy atom. The molecule has 0 radical (unpaired) electrons. The van der Waals surface area contributed by atoms with Crippen LogP contribution in [-0.2, 0) is 23.1 Å². The predicted molar refractivity (Wildman–Crippen MR) is 129 cm³/mol. The Morgan fingerprint density at radius 3 is 2.61 bits per heavy atom. The lowest BCUT2D eigenvalue weighted by Crippen LogP contribution is -2.54. The van der Waals surface area contributed by atoms with Crippen molar-refractivity contribution in [2.24, 2.45) is 18.4 Å². The van der Waals surface area contributed by atoms with Crippen molar-refractivity contribution in [2.45, 2.75) is 66.3 Å². The van der Waals surface area contributed by atoms with E-state index in [1.54, 1.807) is 17.8 Å². The average Bonchev–Trinajstić information content (AvgIpc) is 3.43. The molecular formula is C25H35N5O3. The number of rotatable bonds is 3. The summed E-state index contributed by atoms with van der Waals surface area (Å²) < 4.78 is 8.80. The quantitative estimate of drug-likeness (QED) is 0.772. The Labute approximate surface area is 194 Å². The van der Waals surface area contributed by atoms with Crippen molar-refractivity contribution in [1.82, 2.24) is 24.3 Å². The highest BCUT2D eigenvalue weighted by Gasteiger charge is 2.40. The molecule has 3 unspecified atom stereocenters. The second-order valence-electron chi connectivity index (χ2n) is 9.97. The van der Waals surface area contributed by atoms with Crippen molar-refractivity contribution in [3.05, 3.63) is 46.8 Å². The van der Waals surface area contributed by atoms with E-state index in [-0.39, 0.29) is 29.0 Å². The van der Waals surface area contributed by atoms with E-state index >= 15 is 0 Å². The van der Waals surface area contributed by atoms with Crippen molar-refractivity contribution in [3.63, 3.8) is 0 Å². The third-order valence-corrected chi connectivity index (χ3v) is 6.39. The number of carbonyl (C=O) groups excluding carboxylic acids is 1. The Balaban J connectivity index is 0.00000126. The first kappa shape index (κ1) is 23.1. The maximum absolute atomic E-state index is 12.8. The zero-order valence-corrected chi connectivity index (χ0v) is 20.5. The summed E-state index contributed by atoms with van der Waals surface area (Å²) in [5, 5.41) is 2.94. The van der Waals surface area contributed by atoms with Crippen molar-refractivity contribution >= 4 is 22.6 Å². The van der Waals surface area contributed by atoms with Gasteiger partial charge >= 0.3 is 5.69 Å². The fourth-order valence-electron chi connectivity index (χ4n) is 4.94. The van der Waals surface area contributed by atoms with Crippen LogP contribution in [-0.4, -0.2) is 43.7 Å². The van der Waals surface area contributed by atoms with Crippen LogP contribution in [0.25, 0.3) is 16.7 Å². The average molecular weight is 454 g/mol. The fraction of sp³-hybridized carbons (Fsp3) is 0.560. The molecule has 4 aliphatic rings. The number of nitrogens with one attached hydrogen (secondary N) is 1. The van der Waals surface area contributed by atoms with Crippen LogP contribution in [0.4, 0.5) is 0 Å². The summed E-state index contributed by atoms with van der Waals surface area (Å²) in [6.45, 7) is 11.7. The predicted octanol–water partition coefficient (Wildman–Crippen LogP) is 3.23. The van der Waals surface area contributed by atoms with Crippen molar-refractivity contribution in [2.75, 3.05) is 6.54 Å². The van der Waals surface area contributed by atoms with Gasteiger partial charge in [-0.25, -0.2) is 9.78 Å². The van der Waals surface area contributed by atoms with Crippen LogP contribution in [0.3, 0.4) is 0 Å². The van der Waals surface area contributed by atoms with E-state index in [9.17, 15) is 9.59 Å². The minimum absolute atomic E-state index is 0.00869. The number of aromatic nitrogens is 3. The van der Waals surface area contributed by atoms with Gasteiger partial charge in [-0.15, -0.1) is 0 Å². The molecule has 2 aromatic rings. The molecule has 1 aliphatic carbocycles. The Bertz CT molecular complexity index is 1160. The zero-order valence-electron chi connectivity index (χ0n) is 20.5. The van der Waals surface area contributed by atoms with Gasteiger partial charge in [0.25, 0.3) is 5.91 Å². The summed E-state index contributed by atoms with van der Waals surface area (Å²) in [6, 6.07) is 4.08. The summed E-state index contributed by atoms with van der Waals surface area (Å²) in [7, 11) is 1.78. The summed E-state index contributed by atoms with van der Waals surface area (Å²) >= 11 is 0. The Morgan fingerprint density at radius 2 is 2.00 bits per heavy atom. The van der Waals surface area contributed by atoms with Gasteiger partial charge in [-0.3, -0.25) is 13.9 Å². The molecule has 1 saturated heterocycles. The number of hydrogen-bond donors (Lipinski definition) is 1. The molecule has 0 aromatic carbocycles. The lowest BCUT2D eigenvalue weighted by molar-refractivity contribution is -0.144. The number of amides is 1. The SMILES string of the molecule is CC.Cn1c(=O)n(CC(C)(C)C)c2ccc(C3=CC4CCC3CN4C(=O)C3NC=CO3)nc21. The minimum atomic E-state index is -0.622. The molecule has 8 nitrogen and oxygen atoms in total. The third kappa shape index (κ3) is 4.18. The van der Waals surface area contributed by atoms with Crippen molar-refractivity contribution < 1.29 is 9.53 Å². The van der Waals surface area contributed by atoms with Crippen molar-refractivity contribution in [1.29, 1.82) is 0 Å². The van der Waals surface area contributed by atoms with E-state index in [2.05, 4.69) is 32.2 Å². The van der Waals surface area contributed by atoms with Gasteiger partial charge in [-0.1, -0.05) is 40.7 Å². The smallest absolute Gasteiger partial charge is 0.330 e. The molecule has 0 saturated carbocycles. The van der Waals surface area contributed by atoms with Crippen LogP contribution in [0.1, 0.15) is 53.2 Å². The molecular weight excluding hydrogens is 418 g/mol. The highest BCUT2D eigenvalue weighted by atomic mass is 16.5. The summed E-state index contributed by atoms with van der Waals surface area (Å²) in [5.41, 5.74) is 3.60. The first-order valence-corrected chi connectivity index (χ1v) is 11.9. The summed E-state index contributed by atoms with van der Waals surface area (Å²) in [4.78, 5) is 32.5. The van der Waals surface area contributed by atoms with Gasteiger partial charge in [0.15, 0.2) is 5.65 Å². The number of piperidine rings is 1. The van der Waals surface area contributed by atoms with Gasteiger partial charge in [0.1, 0.15) is 6.26 Å². The van der Waals surface area contributed by atoms with Gasteiger partial charge in [0.2, 0.25) is 6.23 Å². The number of ether oxygens (including phenoxy) is 1. The first-order valence-electron chi connectivity index (χ1n) is 11.9. The fourth-order valence-corrected chi connectivity index (χ4v) is 4.94. The first-order chi connectivity index (χ1) is 15.7. The monoisotopic (exact) mass is 453 g/mol. The van der Waals surface area contributed by atoms with Gasteiger partial charge in [-0.2, -0.15) is 0 Å². The van der Waals surface area contributed by atoms with E-state index in [4.69, 9.17) is 9.72 Å². The highest BCUT2D eigenvalue weighted by Crippen LogP contribution is 2.40. The molecule has 178 valence electrons. The summed E-state index contributed by atoms with van der Waals surface area (Å²) in [5.74, 6) is 0.210. The number of aryl methyl sites for hydroxylation is 1. The maximum atomic E-state index is 12.8. The second kappa shape index (κ2) is 8.72. The standard InChI is InChI=1S/C23H29N5O3.C2H6/c1-23(2,3)13-28-18-8-7-17(25-19(18)26(4)22(28)30)16-11-15-6-5-14(16)12-27(15)21(29)20-24-9-10-31-20;1-2/h7-11,14-15,20,24H,5-6,12-13H2,1-4H3;1-2H3. The molecule has 2 bridgehead atoms. The molecule has 33 heavy (non-hydrogen) atoms. The number of carbonyl (C=O) groups is 1. The number of fused-ring (bicyclic) bond motifs is 3. The van der Waals surface area contributed by atoms with Crippen LogP contribution in [0.2, 0.25) is 0 Å². The van der Waals surface area contributed by atoms with Gasteiger partial charge in [-0.05, 0) is 36.0 Å². The van der Waals surface area contributed by atoms with Crippen LogP contribution in [0.15, 0.2) is 35.5 Å². The van der Waals surface area contributed by atoms with E-state index in [0.29, 0.717) is 18.7 Å². The minimum Gasteiger partial charge on any atom is -0.467 e. The lowest BCUT2D eigenvalue weighted by atomic mass is 9.78. The molecule has 1 N–H and O–H groups in total. The molecule has 3 atom stereocenters. The Hall–Kier alpha value is -3.03. The lowest BCUT2D eigenvalue weighted by Gasteiger charge is -2.44. The van der Waals surface area contributed by atoms with Crippen molar-refractivity contribution in [3.8, 4) is 0 Å². The number of imidazole rings is 1. The van der Waals surface area contributed by atoms with Gasteiger partial charge < -0.3 is 15.0 Å². The number of nitrogens with zero attached hydrogens (tertiary/aromatic N) is 4. The molecule has 1 amide bonds. The highest BCUT2D eigenvalue weighted by molar-refractivity contribution is 5.84. The molecule has 6 rings (SSSR count). The van der Waals surface area contributed by atoms with Crippen LogP contribution >= 0.6 is 0 Å².